The minimum absolute atomic E-state index is 0.0880. The summed E-state index contributed by atoms with van der Waals surface area (Å²) in [6, 6.07) is 21.1. The number of para-hydroxylation sites is 2. The average molecular weight is 461 g/mol. The number of ketones is 1. The first-order valence-electron chi connectivity index (χ1n) is 11.1. The Kier molecular flexibility index (Phi) is 5.73. The molecule has 6 heteroatoms. The number of ether oxygens (including phenoxy) is 1. The second kappa shape index (κ2) is 8.83. The highest BCUT2D eigenvalue weighted by atomic mass is 35.5. The van der Waals surface area contributed by atoms with Gasteiger partial charge >= 0.3 is 0 Å². The maximum Gasteiger partial charge on any atom is 0.176 e. The number of hydrogen-bond donors (Lipinski definition) is 3. The molecule has 2 atom stereocenters. The molecule has 3 aromatic carbocycles. The van der Waals surface area contributed by atoms with Crippen LogP contribution in [0.4, 0.5) is 11.4 Å². The van der Waals surface area contributed by atoms with Gasteiger partial charge in [-0.1, -0.05) is 54.1 Å². The summed E-state index contributed by atoms with van der Waals surface area (Å²) in [6.07, 6.45) is 1.16. The van der Waals surface area contributed by atoms with Crippen LogP contribution in [0.5, 0.6) is 11.5 Å². The number of rotatable bonds is 4. The van der Waals surface area contributed by atoms with Crippen molar-refractivity contribution in [1.82, 2.24) is 0 Å². The lowest BCUT2D eigenvalue weighted by Gasteiger charge is -2.30. The van der Waals surface area contributed by atoms with E-state index in [-0.39, 0.29) is 22.5 Å². The summed E-state index contributed by atoms with van der Waals surface area (Å²) >= 11 is 6.36. The zero-order chi connectivity index (χ0) is 22.9. The standard InChI is InChI=1S/C27H25ClN2O3/c1-2-33-24-15-18(12-19(28)27(24)32)26-25-22(29-20-10-6-7-11-21(20)30-26)13-17(14-23(25)31)16-8-4-3-5-9-16/h3-12,15,17,26,29-30,32H,2,13-14H2,1H3/t17-,26-/m1/s1. The van der Waals surface area contributed by atoms with Crippen LogP contribution in [0.25, 0.3) is 0 Å². The number of phenols is 1. The molecule has 0 saturated heterocycles. The fourth-order valence-corrected chi connectivity index (χ4v) is 4.95. The molecule has 2 aliphatic rings. The Labute approximate surface area is 198 Å². The van der Waals surface area contributed by atoms with E-state index in [0.717, 1.165) is 34.6 Å². The van der Waals surface area contributed by atoms with Gasteiger partial charge in [0.05, 0.1) is 29.0 Å². The van der Waals surface area contributed by atoms with E-state index in [2.05, 4.69) is 22.8 Å². The first-order valence-corrected chi connectivity index (χ1v) is 11.5. The van der Waals surface area contributed by atoms with Gasteiger partial charge in [-0.2, -0.15) is 0 Å². The number of hydrogen-bond acceptors (Lipinski definition) is 5. The van der Waals surface area contributed by atoms with Crippen LogP contribution in [-0.2, 0) is 4.79 Å². The molecule has 0 unspecified atom stereocenters. The Balaban J connectivity index is 1.64. The van der Waals surface area contributed by atoms with E-state index < -0.39 is 6.04 Å². The first kappa shape index (κ1) is 21.4. The van der Waals surface area contributed by atoms with Gasteiger partial charge in [-0.05, 0) is 54.7 Å². The quantitative estimate of drug-likeness (QED) is 0.419. The molecule has 33 heavy (non-hydrogen) atoms. The van der Waals surface area contributed by atoms with E-state index in [1.807, 2.05) is 49.4 Å². The van der Waals surface area contributed by atoms with Gasteiger partial charge in [0.25, 0.3) is 0 Å². The maximum atomic E-state index is 13.6. The van der Waals surface area contributed by atoms with Gasteiger partial charge < -0.3 is 20.5 Å². The van der Waals surface area contributed by atoms with E-state index >= 15 is 0 Å². The van der Waals surface area contributed by atoms with Gasteiger partial charge in [0.15, 0.2) is 17.3 Å². The van der Waals surface area contributed by atoms with Gasteiger partial charge in [-0.3, -0.25) is 4.79 Å². The summed E-state index contributed by atoms with van der Waals surface area (Å²) in [7, 11) is 0. The van der Waals surface area contributed by atoms with Gasteiger partial charge in [0.1, 0.15) is 0 Å². The van der Waals surface area contributed by atoms with Crippen molar-refractivity contribution in [1.29, 1.82) is 0 Å². The first-order chi connectivity index (χ1) is 16.0. The van der Waals surface area contributed by atoms with Crippen LogP contribution in [-0.4, -0.2) is 17.5 Å². The minimum Gasteiger partial charge on any atom is -0.503 e. The van der Waals surface area contributed by atoms with Crippen LogP contribution in [0, 0.1) is 0 Å². The zero-order valence-corrected chi connectivity index (χ0v) is 19.0. The zero-order valence-electron chi connectivity index (χ0n) is 18.3. The van der Waals surface area contributed by atoms with E-state index in [0.29, 0.717) is 24.4 Å². The van der Waals surface area contributed by atoms with Crippen molar-refractivity contribution in [2.24, 2.45) is 0 Å². The number of fused-ring (bicyclic) bond motifs is 1. The molecule has 1 aliphatic carbocycles. The molecule has 0 saturated carbocycles. The highest BCUT2D eigenvalue weighted by Crippen LogP contribution is 2.46. The van der Waals surface area contributed by atoms with Crippen molar-refractivity contribution in [3.8, 4) is 11.5 Å². The number of nitrogens with one attached hydrogen (secondary N) is 2. The Morgan fingerprint density at radius 1 is 1.00 bits per heavy atom. The fraction of sp³-hybridized carbons (Fsp3) is 0.222. The van der Waals surface area contributed by atoms with Crippen LogP contribution in [0.2, 0.25) is 5.02 Å². The van der Waals surface area contributed by atoms with Gasteiger partial charge in [0, 0.05) is 17.7 Å². The third-order valence-corrected chi connectivity index (χ3v) is 6.55. The summed E-state index contributed by atoms with van der Waals surface area (Å²) in [6.45, 7) is 2.24. The molecule has 3 aromatic rings. The summed E-state index contributed by atoms with van der Waals surface area (Å²) in [4.78, 5) is 13.6. The maximum absolute atomic E-state index is 13.6. The van der Waals surface area contributed by atoms with Gasteiger partial charge in [0.2, 0.25) is 0 Å². The molecule has 0 radical (unpaired) electrons. The molecular formula is C27H25ClN2O3. The summed E-state index contributed by atoms with van der Waals surface area (Å²) in [5, 5.41) is 17.6. The number of carbonyl (C=O) groups is 1. The second-order valence-electron chi connectivity index (χ2n) is 8.36. The second-order valence-corrected chi connectivity index (χ2v) is 8.77. The topological polar surface area (TPSA) is 70.6 Å². The summed E-state index contributed by atoms with van der Waals surface area (Å²) in [5.74, 6) is 0.408. The van der Waals surface area contributed by atoms with Gasteiger partial charge in [-0.25, -0.2) is 0 Å². The highest BCUT2D eigenvalue weighted by molar-refractivity contribution is 6.32. The summed E-state index contributed by atoms with van der Waals surface area (Å²) < 4.78 is 5.61. The summed E-state index contributed by atoms with van der Waals surface area (Å²) in [5.41, 5.74) is 5.34. The lowest BCUT2D eigenvalue weighted by atomic mass is 9.78. The molecular weight excluding hydrogens is 436 g/mol. The molecule has 0 spiro atoms. The molecule has 1 heterocycles. The van der Waals surface area contributed by atoms with E-state index in [9.17, 15) is 9.90 Å². The number of carbonyl (C=O) groups excluding carboxylic acids is 1. The number of halogens is 1. The van der Waals surface area contributed by atoms with Gasteiger partial charge in [-0.15, -0.1) is 0 Å². The van der Waals surface area contributed by atoms with E-state index in [4.69, 9.17) is 16.3 Å². The Morgan fingerprint density at radius 2 is 1.73 bits per heavy atom. The molecule has 0 amide bonds. The smallest absolute Gasteiger partial charge is 0.176 e. The van der Waals surface area contributed by atoms with Crippen molar-refractivity contribution >= 4 is 28.8 Å². The van der Waals surface area contributed by atoms with E-state index in [1.165, 1.54) is 0 Å². The lowest BCUT2D eigenvalue weighted by Crippen LogP contribution is -2.27. The number of phenolic OH excluding ortho intramolecular Hbond substituents is 1. The third-order valence-electron chi connectivity index (χ3n) is 6.26. The molecule has 3 N–H and O–H groups in total. The van der Waals surface area contributed by atoms with Crippen molar-refractivity contribution in [3.63, 3.8) is 0 Å². The number of Topliss-reactive ketones (excluding diaryl/α,β-unsaturated/α-hetero) is 1. The minimum atomic E-state index is -0.433. The number of aromatic hydroxyl groups is 1. The Morgan fingerprint density at radius 3 is 2.48 bits per heavy atom. The molecule has 5 rings (SSSR count). The number of allylic oxidation sites excluding steroid dienone is 1. The van der Waals surface area contributed by atoms with Crippen molar-refractivity contribution in [2.45, 2.75) is 31.7 Å². The van der Waals surface area contributed by atoms with Crippen LogP contribution >= 0.6 is 11.6 Å². The molecule has 0 aromatic heterocycles. The molecule has 1 aliphatic heterocycles. The van der Waals surface area contributed by atoms with Crippen molar-refractivity contribution < 1.29 is 14.6 Å². The largest absolute Gasteiger partial charge is 0.503 e. The number of benzene rings is 3. The van der Waals surface area contributed by atoms with Crippen molar-refractivity contribution in [2.75, 3.05) is 17.2 Å². The fourth-order valence-electron chi connectivity index (χ4n) is 4.73. The van der Waals surface area contributed by atoms with E-state index in [1.54, 1.807) is 12.1 Å². The molecule has 0 fully saturated rings. The Hall–Kier alpha value is -3.44. The monoisotopic (exact) mass is 460 g/mol. The molecule has 0 bridgehead atoms. The Bertz CT molecular complexity index is 1240. The third kappa shape index (κ3) is 4.05. The molecule has 168 valence electrons. The number of anilines is 2. The predicted octanol–water partition coefficient (Wildman–Crippen LogP) is 6.42. The van der Waals surface area contributed by atoms with Crippen LogP contribution < -0.4 is 15.4 Å². The average Bonchev–Trinajstić information content (AvgIpc) is 2.99. The normalized spacial score (nSPS) is 19.6. The van der Waals surface area contributed by atoms with Crippen LogP contribution in [0.15, 0.2) is 78.0 Å². The SMILES string of the molecule is CCOc1cc([C@H]2Nc3ccccc3NC3=C2C(=O)C[C@H](c2ccccc2)C3)cc(Cl)c1O. The van der Waals surface area contributed by atoms with Crippen molar-refractivity contribution in [3.05, 3.63) is 94.1 Å². The van der Waals surface area contributed by atoms with Crippen LogP contribution in [0.3, 0.4) is 0 Å². The predicted molar refractivity (Wildman–Crippen MR) is 131 cm³/mol. The van der Waals surface area contributed by atoms with Crippen LogP contribution in [0.1, 0.15) is 42.9 Å². The highest BCUT2D eigenvalue weighted by Gasteiger charge is 2.36. The lowest BCUT2D eigenvalue weighted by molar-refractivity contribution is -0.116. The molecule has 5 nitrogen and oxygen atoms in total.